The molecule has 0 heterocycles. The van der Waals surface area contributed by atoms with Gasteiger partial charge in [0.05, 0.1) is 0 Å². The summed E-state index contributed by atoms with van der Waals surface area (Å²) in [7, 11) is 0. The molecule has 0 aromatic heterocycles. The van der Waals surface area contributed by atoms with E-state index in [0.717, 1.165) is 0 Å². The highest BCUT2D eigenvalue weighted by molar-refractivity contribution is 5.91. The number of nitrogens with one attached hydrogen (secondary N) is 3. The maximum Gasteiger partial charge on any atom is 0.312 e. The molecule has 11 heteroatoms. The third-order valence-electron chi connectivity index (χ3n) is 3.11. The Morgan fingerprint density at radius 1 is 1.08 bits per heavy atom. The minimum atomic E-state index is -0.934. The second kappa shape index (κ2) is 11.2. The van der Waals surface area contributed by atoms with Crippen LogP contribution in [0.5, 0.6) is 0 Å². The molecule has 5 amide bonds. The lowest BCUT2D eigenvalue weighted by molar-refractivity contribution is -0.134. The fraction of sp³-hybridized carbons (Fsp3) is 0.692. The van der Waals surface area contributed by atoms with E-state index < -0.39 is 42.4 Å². The Morgan fingerprint density at radius 3 is 2.17 bits per heavy atom. The van der Waals surface area contributed by atoms with Crippen LogP contribution in [-0.4, -0.2) is 49.0 Å². The topological polar surface area (TPSA) is 192 Å². The summed E-state index contributed by atoms with van der Waals surface area (Å²) in [6.45, 7) is 3.30. The Bertz CT molecular complexity index is 456. The molecule has 0 saturated heterocycles. The average molecular weight is 346 g/mol. The number of hydrogen-bond donors (Lipinski definition) is 6. The highest BCUT2D eigenvalue weighted by Crippen LogP contribution is 2.04. The summed E-state index contributed by atoms with van der Waals surface area (Å²) in [5, 5.41) is 7.32. The van der Waals surface area contributed by atoms with E-state index in [-0.39, 0.29) is 18.9 Å². The van der Waals surface area contributed by atoms with E-state index in [4.69, 9.17) is 17.4 Å². The summed E-state index contributed by atoms with van der Waals surface area (Å²) < 4.78 is 0. The fourth-order valence-corrected chi connectivity index (χ4v) is 1.89. The number of rotatable bonds is 11. The molecule has 0 aliphatic heterocycles. The lowest BCUT2D eigenvalue weighted by Crippen LogP contribution is -2.55. The Hall–Kier alpha value is -2.40. The van der Waals surface area contributed by atoms with Gasteiger partial charge in [-0.25, -0.2) is 10.7 Å². The number of amides is 5. The van der Waals surface area contributed by atoms with Gasteiger partial charge in [0.1, 0.15) is 18.7 Å². The zero-order valence-electron chi connectivity index (χ0n) is 13.8. The second-order valence-corrected chi connectivity index (χ2v) is 5.50. The van der Waals surface area contributed by atoms with E-state index >= 15 is 0 Å². The number of nitrogens with two attached hydrogens (primary N) is 3. The van der Waals surface area contributed by atoms with Crippen molar-refractivity contribution in [2.24, 2.45) is 23.3 Å². The molecule has 2 atom stereocenters. The molecule has 0 spiro atoms. The van der Waals surface area contributed by atoms with Crippen molar-refractivity contribution >= 4 is 23.8 Å². The lowest BCUT2D eigenvalue weighted by Gasteiger charge is -2.24. The van der Waals surface area contributed by atoms with Gasteiger partial charge in [-0.1, -0.05) is 13.8 Å². The van der Waals surface area contributed by atoms with E-state index in [1.165, 1.54) is 0 Å². The number of urea groups is 1. The van der Waals surface area contributed by atoms with Crippen molar-refractivity contribution in [3.05, 3.63) is 0 Å². The minimum Gasteiger partial charge on any atom is -0.368 e. The second-order valence-electron chi connectivity index (χ2n) is 5.50. The molecule has 0 aliphatic carbocycles. The van der Waals surface area contributed by atoms with Gasteiger partial charge in [0.15, 0.2) is 0 Å². The van der Waals surface area contributed by atoms with Crippen molar-refractivity contribution in [3.63, 3.8) is 0 Å². The van der Waals surface area contributed by atoms with Gasteiger partial charge in [-0.15, -0.1) is 0 Å². The highest BCUT2D eigenvalue weighted by Gasteiger charge is 2.27. The van der Waals surface area contributed by atoms with Gasteiger partial charge in [-0.2, -0.15) is 0 Å². The molecule has 0 aromatic rings. The van der Waals surface area contributed by atoms with Crippen LogP contribution in [0.1, 0.15) is 26.7 Å². The smallest absolute Gasteiger partial charge is 0.312 e. The Balaban J connectivity index is 4.66. The quantitative estimate of drug-likeness (QED) is 0.176. The summed E-state index contributed by atoms with van der Waals surface area (Å²) >= 11 is 0. The third-order valence-corrected chi connectivity index (χ3v) is 3.11. The van der Waals surface area contributed by atoms with Gasteiger partial charge < -0.3 is 27.4 Å². The Kier molecular flexibility index (Phi) is 10.1. The number of carbonyl (C=O) groups excluding carboxylic acids is 4. The summed E-state index contributed by atoms with van der Waals surface area (Å²) in [5.41, 5.74) is 10.2. The summed E-state index contributed by atoms with van der Waals surface area (Å²) in [6, 6.07) is -2.49. The van der Waals surface area contributed by atoms with Crippen LogP contribution in [0.4, 0.5) is 4.79 Å². The minimum absolute atomic E-state index is 0.214. The molecular formula is C13H26N6O5. The SMILES string of the molecule is CC(C)[C@H](NC(=O)CON)C(=O)NC(CCCNC(N)=O)C(N)=O. The van der Waals surface area contributed by atoms with Crippen LogP contribution < -0.4 is 33.3 Å². The van der Waals surface area contributed by atoms with Crippen LogP contribution in [0.3, 0.4) is 0 Å². The summed E-state index contributed by atoms with van der Waals surface area (Å²) in [5.74, 6) is 2.73. The van der Waals surface area contributed by atoms with E-state index in [1.54, 1.807) is 13.8 Å². The lowest BCUT2D eigenvalue weighted by atomic mass is 10.0. The zero-order chi connectivity index (χ0) is 18.7. The molecule has 24 heavy (non-hydrogen) atoms. The van der Waals surface area contributed by atoms with Gasteiger partial charge in [0.2, 0.25) is 17.7 Å². The summed E-state index contributed by atoms with van der Waals surface area (Å²) in [4.78, 5) is 50.0. The number of hydrogen-bond acceptors (Lipinski definition) is 6. The maximum atomic E-state index is 12.3. The number of primary amides is 2. The first-order chi connectivity index (χ1) is 11.2. The molecule has 0 aliphatic rings. The molecule has 138 valence electrons. The van der Waals surface area contributed by atoms with Crippen molar-refractivity contribution in [3.8, 4) is 0 Å². The van der Waals surface area contributed by atoms with Gasteiger partial charge in [0, 0.05) is 6.54 Å². The fourth-order valence-electron chi connectivity index (χ4n) is 1.89. The molecule has 0 rings (SSSR count). The molecule has 0 aromatic carbocycles. The molecule has 0 saturated carbocycles. The average Bonchev–Trinajstić information content (AvgIpc) is 2.47. The van der Waals surface area contributed by atoms with E-state index in [9.17, 15) is 19.2 Å². The predicted molar refractivity (Wildman–Crippen MR) is 84.9 cm³/mol. The number of carbonyl (C=O) groups is 4. The zero-order valence-corrected chi connectivity index (χ0v) is 13.8. The Morgan fingerprint density at radius 2 is 1.71 bits per heavy atom. The molecule has 0 fully saturated rings. The van der Waals surface area contributed by atoms with Crippen LogP contribution in [0.2, 0.25) is 0 Å². The first-order valence-electron chi connectivity index (χ1n) is 7.43. The van der Waals surface area contributed by atoms with Gasteiger partial charge >= 0.3 is 6.03 Å². The van der Waals surface area contributed by atoms with Crippen molar-refractivity contribution in [1.82, 2.24) is 16.0 Å². The standard InChI is InChI=1S/C13H26N6O5/c1-7(2)10(19-9(20)6-24-16)12(22)18-8(11(14)21)4-3-5-17-13(15)23/h7-8,10H,3-6,16H2,1-2H3,(H2,14,21)(H,18,22)(H,19,20)(H3,15,17,23)/t8?,10-/m0/s1. The molecular weight excluding hydrogens is 320 g/mol. The van der Waals surface area contributed by atoms with Gasteiger partial charge in [-0.05, 0) is 18.8 Å². The Labute approximate surface area is 140 Å². The first-order valence-corrected chi connectivity index (χ1v) is 7.43. The van der Waals surface area contributed by atoms with Crippen molar-refractivity contribution in [1.29, 1.82) is 0 Å². The van der Waals surface area contributed by atoms with E-state index in [0.29, 0.717) is 6.42 Å². The molecule has 11 nitrogen and oxygen atoms in total. The van der Waals surface area contributed by atoms with Crippen LogP contribution in [0.15, 0.2) is 0 Å². The summed E-state index contributed by atoms with van der Waals surface area (Å²) in [6.07, 6.45) is 0.600. The molecule has 9 N–H and O–H groups in total. The largest absolute Gasteiger partial charge is 0.368 e. The molecule has 0 bridgehead atoms. The van der Waals surface area contributed by atoms with Crippen molar-refractivity contribution in [2.75, 3.05) is 13.2 Å². The van der Waals surface area contributed by atoms with Crippen molar-refractivity contribution < 1.29 is 24.0 Å². The highest BCUT2D eigenvalue weighted by atomic mass is 16.6. The van der Waals surface area contributed by atoms with E-state index in [1.807, 2.05) is 0 Å². The third kappa shape index (κ3) is 8.90. The van der Waals surface area contributed by atoms with Gasteiger partial charge in [0.25, 0.3) is 0 Å². The van der Waals surface area contributed by atoms with Crippen LogP contribution in [-0.2, 0) is 19.2 Å². The maximum absolute atomic E-state index is 12.3. The van der Waals surface area contributed by atoms with Crippen LogP contribution >= 0.6 is 0 Å². The molecule has 0 radical (unpaired) electrons. The molecule has 1 unspecified atom stereocenters. The van der Waals surface area contributed by atoms with E-state index in [2.05, 4.69) is 20.8 Å². The first kappa shape index (κ1) is 21.6. The monoisotopic (exact) mass is 346 g/mol. The predicted octanol–water partition coefficient (Wildman–Crippen LogP) is -2.56. The van der Waals surface area contributed by atoms with Gasteiger partial charge in [-0.3, -0.25) is 19.2 Å². The van der Waals surface area contributed by atoms with Crippen LogP contribution in [0, 0.1) is 5.92 Å². The normalized spacial score (nSPS) is 13.0. The van der Waals surface area contributed by atoms with Crippen LogP contribution in [0.25, 0.3) is 0 Å². The van der Waals surface area contributed by atoms with Crippen molar-refractivity contribution in [2.45, 2.75) is 38.8 Å².